The molecule has 1 rings (SSSR count). The average molecular weight is 355 g/mol. The van der Waals surface area contributed by atoms with Gasteiger partial charge in [0.25, 0.3) is 5.69 Å². The van der Waals surface area contributed by atoms with E-state index in [1.165, 1.54) is 37.3 Å². The molecule has 0 aromatic heterocycles. The number of carbonyl (C=O) groups excluding carboxylic acids is 1. The van der Waals surface area contributed by atoms with Crippen LogP contribution in [0.25, 0.3) is 6.08 Å². The van der Waals surface area contributed by atoms with E-state index in [1.54, 1.807) is 27.7 Å². The van der Waals surface area contributed by atoms with Gasteiger partial charge in [-0.3, -0.25) is 19.5 Å². The molecule has 0 aliphatic rings. The highest BCUT2D eigenvalue weighted by Crippen LogP contribution is 2.58. The van der Waals surface area contributed by atoms with Crippen LogP contribution in [0.3, 0.4) is 0 Å². The molecule has 0 unspecified atom stereocenters. The molecule has 24 heavy (non-hydrogen) atoms. The van der Waals surface area contributed by atoms with Gasteiger partial charge in [0.15, 0.2) is 5.78 Å². The Labute approximate surface area is 141 Å². The molecule has 0 atom stereocenters. The summed E-state index contributed by atoms with van der Waals surface area (Å²) < 4.78 is 24.0. The molecule has 7 nitrogen and oxygen atoms in total. The highest BCUT2D eigenvalue weighted by Gasteiger charge is 2.35. The fourth-order valence-electron chi connectivity index (χ4n) is 1.92. The van der Waals surface area contributed by atoms with Gasteiger partial charge in [0.2, 0.25) is 0 Å². The number of rotatable bonds is 8. The Morgan fingerprint density at radius 1 is 1.12 bits per heavy atom. The highest BCUT2D eigenvalue weighted by atomic mass is 31.2. The maximum Gasteiger partial charge on any atom is 0.365 e. The second-order valence-electron chi connectivity index (χ2n) is 5.74. The van der Waals surface area contributed by atoms with Gasteiger partial charge in [-0.25, -0.2) is 0 Å². The molecule has 0 aliphatic carbocycles. The van der Waals surface area contributed by atoms with Crippen LogP contribution in [0, 0.1) is 10.1 Å². The van der Waals surface area contributed by atoms with Crippen molar-refractivity contribution >= 4 is 25.1 Å². The summed E-state index contributed by atoms with van der Waals surface area (Å²) in [6.07, 6.45) is 0.570. The van der Waals surface area contributed by atoms with Crippen LogP contribution in [0.4, 0.5) is 5.69 Å². The van der Waals surface area contributed by atoms with Crippen LogP contribution in [0.1, 0.15) is 40.2 Å². The van der Waals surface area contributed by atoms with E-state index in [9.17, 15) is 19.5 Å². The molecule has 8 heteroatoms. The second kappa shape index (κ2) is 8.33. The molecule has 0 amide bonds. The molecule has 0 bridgehead atoms. The molecular formula is C16H22NO6P. The van der Waals surface area contributed by atoms with Crippen LogP contribution in [-0.4, -0.2) is 22.9 Å². The Morgan fingerprint density at radius 3 is 1.92 bits per heavy atom. The van der Waals surface area contributed by atoms with Crippen LogP contribution >= 0.6 is 7.60 Å². The molecule has 0 aliphatic heterocycles. The summed E-state index contributed by atoms with van der Waals surface area (Å²) >= 11 is 0. The van der Waals surface area contributed by atoms with Crippen molar-refractivity contribution in [2.24, 2.45) is 0 Å². The minimum absolute atomic E-state index is 0.0726. The zero-order valence-corrected chi connectivity index (χ0v) is 15.3. The number of Topliss-reactive ketones (excluding diaryl/α,β-unsaturated/α-hetero) is 1. The van der Waals surface area contributed by atoms with Crippen molar-refractivity contribution in [1.82, 2.24) is 0 Å². The molecule has 0 saturated heterocycles. The van der Waals surface area contributed by atoms with Gasteiger partial charge >= 0.3 is 7.60 Å². The van der Waals surface area contributed by atoms with Gasteiger partial charge in [-0.05, 0) is 58.4 Å². The first-order valence-corrected chi connectivity index (χ1v) is 9.04. The molecule has 1 aromatic rings. The van der Waals surface area contributed by atoms with Crippen molar-refractivity contribution < 1.29 is 23.3 Å². The lowest BCUT2D eigenvalue weighted by Gasteiger charge is -2.23. The van der Waals surface area contributed by atoms with Crippen molar-refractivity contribution in [3.05, 3.63) is 45.3 Å². The number of allylic oxidation sites excluding steroid dienone is 1. The first-order chi connectivity index (χ1) is 11.0. The van der Waals surface area contributed by atoms with Crippen LogP contribution in [-0.2, 0) is 18.4 Å². The quantitative estimate of drug-likeness (QED) is 0.293. The highest BCUT2D eigenvalue weighted by molar-refractivity contribution is 7.60. The summed E-state index contributed by atoms with van der Waals surface area (Å²) in [6.45, 7) is 8.05. The molecule has 0 N–H and O–H groups in total. The predicted octanol–water partition coefficient (Wildman–Crippen LogP) is 4.57. The van der Waals surface area contributed by atoms with Gasteiger partial charge in [-0.15, -0.1) is 0 Å². The van der Waals surface area contributed by atoms with E-state index in [-0.39, 0.29) is 11.0 Å². The number of nitro benzene ring substituents is 1. The number of ketones is 1. The summed E-state index contributed by atoms with van der Waals surface area (Å²) in [7, 11) is -3.82. The van der Waals surface area contributed by atoms with Gasteiger partial charge < -0.3 is 9.05 Å². The van der Waals surface area contributed by atoms with E-state index < -0.39 is 30.5 Å². The third-order valence-corrected chi connectivity index (χ3v) is 5.19. The molecule has 0 fully saturated rings. The lowest BCUT2D eigenvalue weighted by atomic mass is 10.2. The minimum atomic E-state index is -3.82. The van der Waals surface area contributed by atoms with Crippen molar-refractivity contribution in [3.63, 3.8) is 0 Å². The fraction of sp³-hybridized carbons (Fsp3) is 0.438. The average Bonchev–Trinajstić information content (AvgIpc) is 2.42. The lowest BCUT2D eigenvalue weighted by molar-refractivity contribution is -0.384. The number of nitro groups is 1. The Kier molecular flexibility index (Phi) is 7.02. The van der Waals surface area contributed by atoms with Gasteiger partial charge in [0.05, 0.1) is 17.1 Å². The third kappa shape index (κ3) is 5.67. The fourth-order valence-corrected chi connectivity index (χ4v) is 4.00. The van der Waals surface area contributed by atoms with Crippen LogP contribution in [0.5, 0.6) is 0 Å². The largest absolute Gasteiger partial charge is 0.365 e. The first kappa shape index (κ1) is 20.2. The Hall–Kier alpha value is -1.82. The molecule has 132 valence electrons. The minimum Gasteiger partial charge on any atom is -0.302 e. The molecule has 0 radical (unpaired) electrons. The second-order valence-corrected chi connectivity index (χ2v) is 7.64. The summed E-state index contributed by atoms with van der Waals surface area (Å²) in [6, 6.07) is 5.55. The maximum atomic E-state index is 13.1. The van der Waals surface area contributed by atoms with Gasteiger partial charge in [0, 0.05) is 12.1 Å². The standard InChI is InChI=1S/C16H22NO6P/c1-11(2)22-24(21,23-12(3)4)16(13(5)18)10-14-6-8-15(9-7-14)17(19)20/h6-12H,1-5H3/b16-10+. The Balaban J connectivity index is 3.34. The monoisotopic (exact) mass is 355 g/mol. The van der Waals surface area contributed by atoms with E-state index >= 15 is 0 Å². The SMILES string of the molecule is CC(=O)/C(=C\c1ccc([N+](=O)[O-])cc1)P(=O)(OC(C)C)OC(C)C. The van der Waals surface area contributed by atoms with Crippen LogP contribution < -0.4 is 0 Å². The van der Waals surface area contributed by atoms with Crippen molar-refractivity contribution in [3.8, 4) is 0 Å². The topological polar surface area (TPSA) is 95.7 Å². The van der Waals surface area contributed by atoms with Crippen LogP contribution in [0.2, 0.25) is 0 Å². The van der Waals surface area contributed by atoms with Crippen molar-refractivity contribution in [1.29, 1.82) is 0 Å². The van der Waals surface area contributed by atoms with E-state index in [0.29, 0.717) is 5.56 Å². The molecule has 0 saturated carbocycles. The van der Waals surface area contributed by atoms with Crippen molar-refractivity contribution in [2.45, 2.75) is 46.8 Å². The number of hydrogen-bond donors (Lipinski definition) is 0. The van der Waals surface area contributed by atoms with Gasteiger partial charge in [-0.1, -0.05) is 0 Å². The number of nitrogens with zero attached hydrogens (tertiary/aromatic N) is 1. The molecule has 0 spiro atoms. The van der Waals surface area contributed by atoms with E-state index in [4.69, 9.17) is 9.05 Å². The zero-order chi connectivity index (χ0) is 18.5. The predicted molar refractivity (Wildman–Crippen MR) is 91.8 cm³/mol. The van der Waals surface area contributed by atoms with E-state index in [2.05, 4.69) is 0 Å². The lowest BCUT2D eigenvalue weighted by Crippen LogP contribution is -2.12. The summed E-state index contributed by atoms with van der Waals surface area (Å²) in [5.74, 6) is -0.446. The number of carbonyl (C=O) groups is 1. The third-order valence-electron chi connectivity index (χ3n) is 2.76. The Bertz CT molecular complexity index is 664. The number of non-ortho nitro benzene ring substituents is 1. The van der Waals surface area contributed by atoms with E-state index in [0.717, 1.165) is 0 Å². The number of benzene rings is 1. The van der Waals surface area contributed by atoms with Crippen LogP contribution in [0.15, 0.2) is 29.6 Å². The summed E-state index contributed by atoms with van der Waals surface area (Å²) in [4.78, 5) is 22.2. The first-order valence-electron chi connectivity index (χ1n) is 7.49. The van der Waals surface area contributed by atoms with E-state index in [1.807, 2.05) is 0 Å². The normalized spacial score (nSPS) is 12.7. The zero-order valence-electron chi connectivity index (χ0n) is 14.4. The molecular weight excluding hydrogens is 333 g/mol. The molecule has 1 aromatic carbocycles. The van der Waals surface area contributed by atoms with Gasteiger partial charge in [0.1, 0.15) is 5.31 Å². The Morgan fingerprint density at radius 2 is 1.58 bits per heavy atom. The molecule has 0 heterocycles. The summed E-state index contributed by atoms with van der Waals surface area (Å²) in [5.41, 5.74) is 0.419. The smallest absolute Gasteiger partial charge is 0.302 e. The van der Waals surface area contributed by atoms with Gasteiger partial charge in [-0.2, -0.15) is 0 Å². The maximum absolute atomic E-state index is 13.1. The van der Waals surface area contributed by atoms with Crippen molar-refractivity contribution in [2.75, 3.05) is 0 Å². The number of hydrogen-bond acceptors (Lipinski definition) is 6. The summed E-state index contributed by atoms with van der Waals surface area (Å²) in [5, 5.41) is 10.6.